The van der Waals surface area contributed by atoms with Gasteiger partial charge in [0, 0.05) is 13.0 Å². The zero-order chi connectivity index (χ0) is 8.69. The molecule has 0 radical (unpaired) electrons. The fourth-order valence-corrected chi connectivity index (χ4v) is 0.534. The van der Waals surface area contributed by atoms with Crippen molar-refractivity contribution < 1.29 is 19.4 Å². The highest BCUT2D eigenvalue weighted by atomic mass is 16.5. The van der Waals surface area contributed by atoms with Crippen LogP contribution in [0.2, 0.25) is 0 Å². The van der Waals surface area contributed by atoms with E-state index in [9.17, 15) is 9.59 Å². The molecule has 64 valence electrons. The molecule has 0 aliphatic rings. The van der Waals surface area contributed by atoms with Crippen molar-refractivity contribution in [2.45, 2.75) is 19.8 Å². The minimum atomic E-state index is -0.949. The van der Waals surface area contributed by atoms with Crippen LogP contribution >= 0.6 is 0 Å². The minimum Gasteiger partial charge on any atom is -0.481 e. The highest BCUT2D eigenvalue weighted by Gasteiger charge is 2.04. The fraction of sp³-hybridized carbons (Fsp3) is 0.714. The molecule has 11 heavy (non-hydrogen) atoms. The van der Waals surface area contributed by atoms with Gasteiger partial charge in [-0.2, -0.15) is 0 Å². The van der Waals surface area contributed by atoms with Gasteiger partial charge >= 0.3 is 5.97 Å². The van der Waals surface area contributed by atoms with Crippen LogP contribution in [0, 0.1) is 0 Å². The summed E-state index contributed by atoms with van der Waals surface area (Å²) in [5.41, 5.74) is 0. The number of carbonyl (C=O) groups excluding carboxylic acids is 1. The molecule has 0 aliphatic heterocycles. The molecule has 0 saturated heterocycles. The Morgan fingerprint density at radius 3 is 2.45 bits per heavy atom. The Kier molecular flexibility index (Phi) is 5.37. The van der Waals surface area contributed by atoms with Crippen LogP contribution in [0.1, 0.15) is 19.8 Å². The largest absolute Gasteiger partial charge is 0.481 e. The summed E-state index contributed by atoms with van der Waals surface area (Å²) in [6.07, 6.45) is -0.0404. The lowest BCUT2D eigenvalue weighted by Crippen LogP contribution is -2.10. The third-order valence-corrected chi connectivity index (χ3v) is 1.08. The summed E-state index contributed by atoms with van der Waals surface area (Å²) < 4.78 is 4.79. The van der Waals surface area contributed by atoms with Crippen molar-refractivity contribution in [1.82, 2.24) is 0 Å². The molecule has 0 aromatic carbocycles. The topological polar surface area (TPSA) is 63.6 Å². The smallest absolute Gasteiger partial charge is 0.303 e. The lowest BCUT2D eigenvalue weighted by Gasteiger charge is -1.97. The second-order valence-corrected chi connectivity index (χ2v) is 2.07. The predicted octanol–water partition coefficient (Wildman–Crippen LogP) is 0.457. The van der Waals surface area contributed by atoms with E-state index in [1.54, 1.807) is 6.92 Å². The maximum atomic E-state index is 10.7. The minimum absolute atomic E-state index is 0.0315. The highest BCUT2D eigenvalue weighted by molar-refractivity contribution is 5.83. The molecule has 0 rings (SSSR count). The number of ketones is 1. The Bertz CT molecular complexity index is 141. The van der Waals surface area contributed by atoms with E-state index in [0.717, 1.165) is 0 Å². The van der Waals surface area contributed by atoms with Gasteiger partial charge in [0.1, 0.15) is 6.61 Å². The maximum absolute atomic E-state index is 10.7. The van der Waals surface area contributed by atoms with Crippen molar-refractivity contribution in [3.05, 3.63) is 0 Å². The molecular weight excluding hydrogens is 148 g/mol. The summed E-state index contributed by atoms with van der Waals surface area (Å²) in [7, 11) is 0. The number of carboxylic acids is 1. The van der Waals surface area contributed by atoms with Crippen LogP contribution in [-0.4, -0.2) is 30.1 Å². The third kappa shape index (κ3) is 6.99. The number of rotatable bonds is 6. The molecule has 0 unspecified atom stereocenters. The van der Waals surface area contributed by atoms with Gasteiger partial charge in [-0.25, -0.2) is 0 Å². The molecule has 0 atom stereocenters. The highest BCUT2D eigenvalue weighted by Crippen LogP contribution is 1.91. The summed E-state index contributed by atoms with van der Waals surface area (Å²) in [6.45, 7) is 2.30. The number of ether oxygens (including phenoxy) is 1. The van der Waals surface area contributed by atoms with E-state index in [1.165, 1.54) is 0 Å². The van der Waals surface area contributed by atoms with Gasteiger partial charge in [-0.15, -0.1) is 0 Å². The zero-order valence-electron chi connectivity index (χ0n) is 6.50. The first-order chi connectivity index (χ1) is 5.16. The normalized spacial score (nSPS) is 9.55. The molecule has 0 heterocycles. The number of hydrogen-bond donors (Lipinski definition) is 1. The number of carboxylic acid groups (broad SMARTS) is 1. The van der Waals surface area contributed by atoms with Crippen molar-refractivity contribution in [1.29, 1.82) is 0 Å². The van der Waals surface area contributed by atoms with Crippen LogP contribution < -0.4 is 0 Å². The van der Waals surface area contributed by atoms with Gasteiger partial charge in [0.2, 0.25) is 0 Å². The summed E-state index contributed by atoms with van der Waals surface area (Å²) in [6, 6.07) is 0. The summed E-state index contributed by atoms with van der Waals surface area (Å²) in [5.74, 6) is -1.11. The van der Waals surface area contributed by atoms with Crippen molar-refractivity contribution >= 4 is 11.8 Å². The molecule has 0 bridgehead atoms. The number of carbonyl (C=O) groups is 2. The molecule has 0 aliphatic carbocycles. The van der Waals surface area contributed by atoms with Crippen LogP contribution in [-0.2, 0) is 14.3 Å². The molecule has 4 heteroatoms. The third-order valence-electron chi connectivity index (χ3n) is 1.08. The van der Waals surface area contributed by atoms with Crippen LogP contribution in [0.25, 0.3) is 0 Å². The number of hydrogen-bond acceptors (Lipinski definition) is 3. The van der Waals surface area contributed by atoms with E-state index in [1.807, 2.05) is 0 Å². The van der Waals surface area contributed by atoms with Crippen LogP contribution in [0.3, 0.4) is 0 Å². The molecule has 4 nitrogen and oxygen atoms in total. The van der Waals surface area contributed by atoms with E-state index >= 15 is 0 Å². The Labute approximate surface area is 65.2 Å². The van der Waals surface area contributed by atoms with Crippen molar-refractivity contribution in [3.8, 4) is 0 Å². The fourth-order valence-electron chi connectivity index (χ4n) is 0.534. The van der Waals surface area contributed by atoms with E-state index in [0.29, 0.717) is 6.61 Å². The molecule has 1 N–H and O–H groups in total. The second kappa shape index (κ2) is 5.85. The van der Waals surface area contributed by atoms with Gasteiger partial charge in [0.25, 0.3) is 0 Å². The van der Waals surface area contributed by atoms with E-state index < -0.39 is 5.97 Å². The standard InChI is InChI=1S/C7H12O4/c1-2-11-5-6(8)3-4-7(9)10/h2-5H2,1H3,(H,9,10). The molecule has 0 amide bonds. The van der Waals surface area contributed by atoms with Crippen LogP contribution in [0.5, 0.6) is 0 Å². The Hall–Kier alpha value is -0.900. The van der Waals surface area contributed by atoms with Gasteiger partial charge in [0.05, 0.1) is 6.42 Å². The monoisotopic (exact) mass is 160 g/mol. The van der Waals surface area contributed by atoms with Gasteiger partial charge in [0.15, 0.2) is 5.78 Å². The van der Waals surface area contributed by atoms with Crippen molar-refractivity contribution in [2.24, 2.45) is 0 Å². The van der Waals surface area contributed by atoms with Crippen LogP contribution in [0.15, 0.2) is 0 Å². The Balaban J connectivity index is 3.30. The van der Waals surface area contributed by atoms with Gasteiger partial charge in [-0.3, -0.25) is 9.59 Å². The summed E-state index contributed by atoms with van der Waals surface area (Å²) in [5, 5.41) is 8.19. The molecule has 0 aromatic rings. The average molecular weight is 160 g/mol. The van der Waals surface area contributed by atoms with Gasteiger partial charge < -0.3 is 9.84 Å². The van der Waals surface area contributed by atoms with Crippen molar-refractivity contribution in [2.75, 3.05) is 13.2 Å². The SMILES string of the molecule is CCOCC(=O)CCC(=O)O. The molecular formula is C7H12O4. The molecule has 0 aromatic heterocycles. The zero-order valence-corrected chi connectivity index (χ0v) is 6.50. The average Bonchev–Trinajstić information content (AvgIpc) is 1.97. The summed E-state index contributed by atoms with van der Waals surface area (Å²) >= 11 is 0. The lowest BCUT2D eigenvalue weighted by atomic mass is 10.2. The van der Waals surface area contributed by atoms with Gasteiger partial charge in [-0.05, 0) is 6.92 Å². The molecule has 0 spiro atoms. The quantitative estimate of drug-likeness (QED) is 0.613. The molecule has 0 saturated carbocycles. The van der Waals surface area contributed by atoms with Crippen LogP contribution in [0.4, 0.5) is 0 Å². The van der Waals surface area contributed by atoms with E-state index in [4.69, 9.17) is 9.84 Å². The molecule has 0 fully saturated rings. The Morgan fingerprint density at radius 1 is 1.36 bits per heavy atom. The maximum Gasteiger partial charge on any atom is 0.303 e. The van der Waals surface area contributed by atoms with E-state index in [2.05, 4.69) is 0 Å². The summed E-state index contributed by atoms with van der Waals surface area (Å²) in [4.78, 5) is 20.7. The predicted molar refractivity (Wildman–Crippen MR) is 38.4 cm³/mol. The Morgan fingerprint density at radius 2 is 2.00 bits per heavy atom. The lowest BCUT2D eigenvalue weighted by molar-refractivity contribution is -0.139. The van der Waals surface area contributed by atoms with Crippen molar-refractivity contribution in [3.63, 3.8) is 0 Å². The second-order valence-electron chi connectivity index (χ2n) is 2.07. The number of aliphatic carboxylic acids is 1. The first-order valence-electron chi connectivity index (χ1n) is 3.48. The van der Waals surface area contributed by atoms with E-state index in [-0.39, 0.29) is 25.2 Å². The first kappa shape index (κ1) is 10.1. The number of Topliss-reactive ketones (excluding diaryl/α,β-unsaturated/α-hetero) is 1. The first-order valence-corrected chi connectivity index (χ1v) is 3.48. The van der Waals surface area contributed by atoms with Gasteiger partial charge in [-0.1, -0.05) is 0 Å².